The highest BCUT2D eigenvalue weighted by atomic mass is 16.5. The molecular weight excluding hydrogens is 434 g/mol. The number of rotatable bonds is 14. The molecule has 0 aromatic heterocycles. The first kappa shape index (κ1) is 24.6. The van der Waals surface area contributed by atoms with Crippen molar-refractivity contribution in [1.29, 1.82) is 0 Å². The van der Waals surface area contributed by atoms with Crippen LogP contribution in [0.25, 0.3) is 0 Å². The molecule has 1 fully saturated rings. The van der Waals surface area contributed by atoms with E-state index >= 15 is 0 Å². The van der Waals surface area contributed by atoms with Gasteiger partial charge in [-0.1, -0.05) is 0 Å². The lowest BCUT2D eigenvalue weighted by molar-refractivity contribution is -0.139. The normalized spacial score (nSPS) is 17.8. The number of fused-ring (bicyclic) bond motifs is 1. The number of hydrogen-bond donors (Lipinski definition) is 3. The van der Waals surface area contributed by atoms with Crippen LogP contribution >= 0.6 is 0 Å². The maximum absolute atomic E-state index is 12.7. The van der Waals surface area contributed by atoms with Gasteiger partial charge in [-0.2, -0.15) is 0 Å². The van der Waals surface area contributed by atoms with Crippen molar-refractivity contribution in [3.8, 4) is 0 Å². The van der Waals surface area contributed by atoms with Crippen LogP contribution in [0.2, 0.25) is 0 Å². The van der Waals surface area contributed by atoms with Crippen molar-refractivity contribution in [1.82, 2.24) is 10.2 Å². The van der Waals surface area contributed by atoms with Gasteiger partial charge in [-0.3, -0.25) is 24.5 Å². The summed E-state index contributed by atoms with van der Waals surface area (Å²) in [5.74, 6) is -1.80. The number of imide groups is 1. The van der Waals surface area contributed by atoms with Gasteiger partial charge in [0.15, 0.2) is 0 Å². The van der Waals surface area contributed by atoms with Gasteiger partial charge >= 0.3 is 5.97 Å². The van der Waals surface area contributed by atoms with E-state index in [1.165, 1.54) is 4.90 Å². The van der Waals surface area contributed by atoms with Crippen LogP contribution in [0.1, 0.15) is 35.2 Å². The Bertz CT molecular complexity index is 875. The van der Waals surface area contributed by atoms with E-state index in [0.717, 1.165) is 11.3 Å². The van der Waals surface area contributed by atoms with Gasteiger partial charge in [-0.25, -0.2) is 0 Å². The first-order valence-corrected chi connectivity index (χ1v) is 10.9. The van der Waals surface area contributed by atoms with Gasteiger partial charge < -0.3 is 29.5 Å². The summed E-state index contributed by atoms with van der Waals surface area (Å²) in [6.07, 6.45) is 0.554. The molecule has 180 valence electrons. The highest BCUT2D eigenvalue weighted by molar-refractivity contribution is 6.05. The molecule has 1 aromatic carbocycles. The van der Waals surface area contributed by atoms with Crippen LogP contribution in [0.4, 0.5) is 5.69 Å². The fraction of sp³-hybridized carbons (Fsp3) is 0.545. The summed E-state index contributed by atoms with van der Waals surface area (Å²) in [5, 5.41) is 14.0. The number of benzene rings is 1. The lowest BCUT2D eigenvalue weighted by atomic mass is 10.0. The number of hydrogen-bond acceptors (Lipinski definition) is 8. The number of anilines is 1. The maximum Gasteiger partial charge on any atom is 0.305 e. The molecule has 0 bridgehead atoms. The molecule has 0 spiro atoms. The van der Waals surface area contributed by atoms with Gasteiger partial charge in [0.1, 0.15) is 6.04 Å². The molecule has 2 aliphatic heterocycles. The van der Waals surface area contributed by atoms with Crippen LogP contribution in [0.15, 0.2) is 18.2 Å². The Balaban J connectivity index is 1.30. The molecule has 2 aliphatic rings. The minimum absolute atomic E-state index is 0.0191. The predicted octanol–water partition coefficient (Wildman–Crippen LogP) is 0.384. The Labute approximate surface area is 191 Å². The zero-order chi connectivity index (χ0) is 23.6. The van der Waals surface area contributed by atoms with E-state index in [1.54, 1.807) is 6.07 Å². The van der Waals surface area contributed by atoms with Crippen LogP contribution in [-0.4, -0.2) is 85.9 Å². The highest BCUT2D eigenvalue weighted by Gasteiger charge is 2.39. The molecule has 2 heterocycles. The molecule has 11 nitrogen and oxygen atoms in total. The zero-order valence-corrected chi connectivity index (χ0v) is 18.3. The third-order valence-electron chi connectivity index (χ3n) is 5.30. The molecular formula is C22H29N3O8. The van der Waals surface area contributed by atoms with Crippen molar-refractivity contribution in [3.05, 3.63) is 29.3 Å². The highest BCUT2D eigenvalue weighted by Crippen LogP contribution is 2.29. The quantitative estimate of drug-likeness (QED) is 0.264. The average molecular weight is 463 g/mol. The fourth-order valence-electron chi connectivity index (χ4n) is 3.65. The molecule has 0 radical (unpaired) electrons. The Morgan fingerprint density at radius 3 is 2.45 bits per heavy atom. The average Bonchev–Trinajstić information content (AvgIpc) is 3.10. The topological polar surface area (TPSA) is 144 Å². The van der Waals surface area contributed by atoms with Crippen molar-refractivity contribution in [2.75, 3.05) is 51.5 Å². The number of carboxylic acids is 1. The molecule has 1 unspecified atom stereocenters. The summed E-state index contributed by atoms with van der Waals surface area (Å²) in [5.41, 5.74) is 2.27. The number of ether oxygens (including phenoxy) is 3. The van der Waals surface area contributed by atoms with E-state index in [1.807, 2.05) is 12.1 Å². The van der Waals surface area contributed by atoms with Crippen LogP contribution < -0.4 is 10.6 Å². The first-order chi connectivity index (χ1) is 16.0. The first-order valence-electron chi connectivity index (χ1n) is 10.9. The van der Waals surface area contributed by atoms with Gasteiger partial charge in [-0.05, 0) is 30.2 Å². The van der Waals surface area contributed by atoms with Crippen molar-refractivity contribution in [2.45, 2.75) is 31.8 Å². The largest absolute Gasteiger partial charge is 0.481 e. The Morgan fingerprint density at radius 2 is 1.76 bits per heavy atom. The second kappa shape index (κ2) is 12.3. The molecule has 3 amide bonds. The molecule has 1 aromatic rings. The Morgan fingerprint density at radius 1 is 1.06 bits per heavy atom. The third-order valence-corrected chi connectivity index (χ3v) is 5.30. The van der Waals surface area contributed by atoms with E-state index < -0.39 is 17.9 Å². The molecule has 33 heavy (non-hydrogen) atoms. The lowest BCUT2D eigenvalue weighted by Gasteiger charge is -2.29. The summed E-state index contributed by atoms with van der Waals surface area (Å²) in [7, 11) is 0. The number of nitrogens with one attached hydrogen (secondary N) is 2. The number of carbonyl (C=O) groups excluding carboxylic acids is 3. The molecule has 1 atom stereocenters. The second-order valence-corrected chi connectivity index (χ2v) is 7.68. The smallest absolute Gasteiger partial charge is 0.305 e. The van der Waals surface area contributed by atoms with Crippen molar-refractivity contribution in [3.63, 3.8) is 0 Å². The molecule has 0 aliphatic carbocycles. The van der Waals surface area contributed by atoms with E-state index in [2.05, 4.69) is 10.6 Å². The molecule has 3 rings (SSSR count). The van der Waals surface area contributed by atoms with Crippen molar-refractivity contribution in [2.24, 2.45) is 0 Å². The summed E-state index contributed by atoms with van der Waals surface area (Å²) in [6, 6.07) is 4.84. The van der Waals surface area contributed by atoms with E-state index in [9.17, 15) is 19.2 Å². The summed E-state index contributed by atoms with van der Waals surface area (Å²) >= 11 is 0. The van der Waals surface area contributed by atoms with Crippen LogP contribution in [0, 0.1) is 0 Å². The lowest BCUT2D eigenvalue weighted by Crippen LogP contribution is -2.52. The zero-order valence-electron chi connectivity index (χ0n) is 18.3. The van der Waals surface area contributed by atoms with E-state index in [4.69, 9.17) is 19.3 Å². The SMILES string of the molecule is O=C(O)CCOCCOCCOCCNc1ccc2c(c1)CN(C1CCC(=O)NC1=O)C2=O. The number of carbonyl (C=O) groups is 4. The fourth-order valence-corrected chi connectivity index (χ4v) is 3.65. The predicted molar refractivity (Wildman–Crippen MR) is 116 cm³/mol. The van der Waals surface area contributed by atoms with Crippen LogP contribution in [-0.2, 0) is 35.1 Å². The monoisotopic (exact) mass is 463 g/mol. The number of carboxylic acid groups (broad SMARTS) is 1. The van der Waals surface area contributed by atoms with Gasteiger partial charge in [0.25, 0.3) is 5.91 Å². The van der Waals surface area contributed by atoms with Gasteiger partial charge in [0.05, 0.1) is 46.1 Å². The van der Waals surface area contributed by atoms with Crippen LogP contribution in [0.3, 0.4) is 0 Å². The molecule has 11 heteroatoms. The van der Waals surface area contributed by atoms with Gasteiger partial charge in [-0.15, -0.1) is 0 Å². The molecule has 0 saturated carbocycles. The second-order valence-electron chi connectivity index (χ2n) is 7.68. The minimum Gasteiger partial charge on any atom is -0.481 e. The maximum atomic E-state index is 12.7. The van der Waals surface area contributed by atoms with Crippen LogP contribution in [0.5, 0.6) is 0 Å². The Hall–Kier alpha value is -3.02. The summed E-state index contributed by atoms with van der Waals surface area (Å²) in [4.78, 5) is 48.0. The molecule has 1 saturated heterocycles. The number of piperidine rings is 1. The standard InChI is InChI=1S/C22H29N3O8/c26-19-4-3-18(21(29)24-19)25-14-15-13-16(1-2-17(15)22(25)30)23-6-8-32-10-12-33-11-9-31-7-5-20(27)28/h1-2,13,18,23H,3-12,14H2,(H,27,28)(H,24,26,29). The van der Waals surface area contributed by atoms with Gasteiger partial charge in [0, 0.05) is 30.8 Å². The number of amides is 3. The van der Waals surface area contributed by atoms with E-state index in [0.29, 0.717) is 58.1 Å². The van der Waals surface area contributed by atoms with E-state index in [-0.39, 0.29) is 31.3 Å². The Kier molecular flexibility index (Phi) is 9.16. The van der Waals surface area contributed by atoms with Crippen molar-refractivity contribution >= 4 is 29.4 Å². The number of aliphatic carboxylic acids is 1. The van der Waals surface area contributed by atoms with Gasteiger partial charge in [0.2, 0.25) is 11.8 Å². The number of nitrogens with zero attached hydrogens (tertiary/aromatic N) is 1. The molecule has 3 N–H and O–H groups in total. The summed E-state index contributed by atoms with van der Waals surface area (Å²) < 4.78 is 16.0. The minimum atomic E-state index is -0.888. The van der Waals surface area contributed by atoms with Crippen molar-refractivity contribution < 1.29 is 38.5 Å². The third kappa shape index (κ3) is 7.24. The summed E-state index contributed by atoms with van der Waals surface area (Å²) in [6.45, 7) is 3.12.